The Hall–Kier alpha value is -3.36. The number of nitrogens with two attached hydrogens (primary N) is 1. The van der Waals surface area contributed by atoms with Crippen molar-refractivity contribution < 1.29 is 33.6 Å². The van der Waals surface area contributed by atoms with E-state index in [4.69, 9.17) is 24.7 Å². The number of aliphatic hydroxyl groups is 1. The van der Waals surface area contributed by atoms with E-state index < -0.39 is 18.3 Å². The average molecular weight is 545 g/mol. The summed E-state index contributed by atoms with van der Waals surface area (Å²) in [6.07, 6.45) is 2.87. The van der Waals surface area contributed by atoms with Crippen LogP contribution in [0.1, 0.15) is 25.5 Å². The first-order chi connectivity index (χ1) is 18.4. The molecule has 6 rings (SSSR count). The molecular weight excluding hydrogens is 516 g/mol. The number of nitrogens with zero attached hydrogens (tertiary/aromatic N) is 5. The van der Waals surface area contributed by atoms with Crippen molar-refractivity contribution in [1.29, 1.82) is 0 Å². The highest BCUT2D eigenvalue weighted by molar-refractivity contribution is 7.99. The van der Waals surface area contributed by atoms with Gasteiger partial charge in [-0.15, -0.1) is 0 Å². The van der Waals surface area contributed by atoms with Gasteiger partial charge in [0, 0.05) is 24.7 Å². The van der Waals surface area contributed by atoms with E-state index in [2.05, 4.69) is 19.9 Å². The van der Waals surface area contributed by atoms with E-state index in [0.29, 0.717) is 54.4 Å². The van der Waals surface area contributed by atoms with E-state index in [1.807, 2.05) is 6.92 Å². The molecule has 6 heterocycles. The maximum absolute atomic E-state index is 12.2. The van der Waals surface area contributed by atoms with Crippen LogP contribution in [0.25, 0.3) is 0 Å². The first kappa shape index (κ1) is 24.9. The molecule has 1 spiro atoms. The van der Waals surface area contributed by atoms with Gasteiger partial charge in [-0.1, -0.05) is 11.8 Å². The smallest absolute Gasteiger partial charge is 0.416 e. The first-order valence-corrected chi connectivity index (χ1v) is 13.3. The number of carbonyl (C=O) groups excluding carboxylic acids is 2. The Morgan fingerprint density at radius 1 is 1.26 bits per heavy atom. The van der Waals surface area contributed by atoms with E-state index in [-0.39, 0.29) is 30.8 Å². The van der Waals surface area contributed by atoms with Gasteiger partial charge < -0.3 is 34.7 Å². The number of fused-ring (bicyclic) bond motifs is 3. The minimum atomic E-state index is -0.795. The summed E-state index contributed by atoms with van der Waals surface area (Å²) in [5.41, 5.74) is 5.47. The number of amides is 2. The maximum Gasteiger partial charge on any atom is 0.416 e. The first-order valence-electron chi connectivity index (χ1n) is 12.4. The van der Waals surface area contributed by atoms with E-state index in [1.54, 1.807) is 18.5 Å². The SMILES string of the molecule is C[C@@H]1OCC2(CCN(c3ncc(Sc4ccnc5c4OCC4COC(=O)N54)nc3CO)CC2)[C@@H]1OC(N)=O. The molecule has 1 unspecified atom stereocenters. The van der Waals surface area contributed by atoms with Gasteiger partial charge in [-0.25, -0.2) is 29.4 Å². The van der Waals surface area contributed by atoms with Gasteiger partial charge in [0.15, 0.2) is 17.4 Å². The lowest BCUT2D eigenvalue weighted by atomic mass is 9.74. The van der Waals surface area contributed by atoms with Crippen molar-refractivity contribution in [2.24, 2.45) is 11.1 Å². The van der Waals surface area contributed by atoms with Crippen LogP contribution in [0.5, 0.6) is 5.75 Å². The molecule has 4 aliphatic heterocycles. The number of hydrogen-bond donors (Lipinski definition) is 2. The van der Waals surface area contributed by atoms with E-state index in [1.165, 1.54) is 16.7 Å². The molecule has 38 heavy (non-hydrogen) atoms. The van der Waals surface area contributed by atoms with Crippen LogP contribution in [0.4, 0.5) is 21.2 Å². The van der Waals surface area contributed by atoms with E-state index >= 15 is 0 Å². The highest BCUT2D eigenvalue weighted by Gasteiger charge is 2.52. The Morgan fingerprint density at radius 3 is 2.82 bits per heavy atom. The molecule has 4 aliphatic rings. The van der Waals surface area contributed by atoms with Crippen LogP contribution in [0.3, 0.4) is 0 Å². The van der Waals surface area contributed by atoms with Crippen LogP contribution in [0, 0.1) is 5.41 Å². The normalized spacial score (nSPS) is 25.5. The Balaban J connectivity index is 1.19. The summed E-state index contributed by atoms with van der Waals surface area (Å²) in [4.78, 5) is 41.6. The average Bonchev–Trinajstić information content (AvgIpc) is 3.44. The quantitative estimate of drug-likeness (QED) is 0.561. The van der Waals surface area contributed by atoms with Gasteiger partial charge in [0.2, 0.25) is 0 Å². The minimum absolute atomic E-state index is 0.192. The van der Waals surface area contributed by atoms with Crippen molar-refractivity contribution in [2.45, 2.75) is 54.5 Å². The predicted octanol–water partition coefficient (Wildman–Crippen LogP) is 1.70. The standard InChI is InChI=1S/C24H28N6O7S/c1-13-19(37-22(25)32)24(12-36-13)3-6-29(7-4-24)20-15(9-31)28-17(8-27-20)38-16-2-5-26-21-18(16)34-10-14-11-35-23(33)30(14)21/h2,5,8,13-14,19,31H,3-4,6-7,9-12H2,1H3,(H2,25,32)/t13-,14?,19+/m0/s1. The molecule has 3 fully saturated rings. The minimum Gasteiger partial charge on any atom is -0.486 e. The third kappa shape index (κ3) is 4.25. The van der Waals surface area contributed by atoms with Crippen molar-refractivity contribution >= 4 is 35.6 Å². The predicted molar refractivity (Wildman–Crippen MR) is 133 cm³/mol. The molecule has 2 aromatic heterocycles. The second-order valence-electron chi connectivity index (χ2n) is 9.84. The lowest BCUT2D eigenvalue weighted by Crippen LogP contribution is -2.49. The lowest BCUT2D eigenvalue weighted by Gasteiger charge is -2.42. The van der Waals surface area contributed by atoms with Crippen molar-refractivity contribution in [3.63, 3.8) is 0 Å². The zero-order valence-corrected chi connectivity index (χ0v) is 21.6. The number of anilines is 2. The topological polar surface area (TPSA) is 162 Å². The van der Waals surface area contributed by atoms with Gasteiger partial charge in [-0.3, -0.25) is 0 Å². The molecule has 3 atom stereocenters. The third-order valence-electron chi connectivity index (χ3n) is 7.59. The highest BCUT2D eigenvalue weighted by atomic mass is 32.2. The third-order valence-corrected chi connectivity index (χ3v) is 8.54. The summed E-state index contributed by atoms with van der Waals surface area (Å²) >= 11 is 1.32. The molecular formula is C24H28N6O7S. The van der Waals surface area contributed by atoms with Crippen molar-refractivity contribution in [3.05, 3.63) is 24.2 Å². The van der Waals surface area contributed by atoms with Gasteiger partial charge >= 0.3 is 12.2 Å². The zero-order chi connectivity index (χ0) is 26.4. The summed E-state index contributed by atoms with van der Waals surface area (Å²) in [6, 6.07) is 1.60. The molecule has 202 valence electrons. The largest absolute Gasteiger partial charge is 0.486 e. The molecule has 0 aliphatic carbocycles. The van der Waals surface area contributed by atoms with Crippen LogP contribution in [0.15, 0.2) is 28.4 Å². The van der Waals surface area contributed by atoms with Gasteiger partial charge in [0.1, 0.15) is 36.1 Å². The molecule has 2 aromatic rings. The fourth-order valence-electron chi connectivity index (χ4n) is 5.67. The van der Waals surface area contributed by atoms with Crippen molar-refractivity contribution in [2.75, 3.05) is 42.7 Å². The number of hydrogen-bond acceptors (Lipinski definition) is 12. The molecule has 0 bridgehead atoms. The van der Waals surface area contributed by atoms with E-state index in [0.717, 1.165) is 17.7 Å². The Morgan fingerprint density at radius 2 is 2.05 bits per heavy atom. The number of aliphatic hydroxyl groups excluding tert-OH is 1. The molecule has 0 saturated carbocycles. The number of carbonyl (C=O) groups is 2. The van der Waals surface area contributed by atoms with Gasteiger partial charge in [-0.05, 0) is 25.8 Å². The molecule has 3 N–H and O–H groups in total. The Labute approximate surface area is 222 Å². The van der Waals surface area contributed by atoms with Crippen LogP contribution in [-0.4, -0.2) is 83.4 Å². The molecule has 3 saturated heterocycles. The summed E-state index contributed by atoms with van der Waals surface area (Å²) in [6.45, 7) is 3.98. The van der Waals surface area contributed by atoms with Crippen LogP contribution in [0.2, 0.25) is 0 Å². The summed E-state index contributed by atoms with van der Waals surface area (Å²) in [5.74, 6) is 1.53. The maximum atomic E-state index is 12.2. The van der Waals surface area contributed by atoms with Crippen molar-refractivity contribution in [1.82, 2.24) is 15.0 Å². The number of ether oxygens (including phenoxy) is 4. The molecule has 0 aromatic carbocycles. The fraction of sp³-hybridized carbons (Fsp3) is 0.542. The number of rotatable bonds is 5. The highest BCUT2D eigenvalue weighted by Crippen LogP contribution is 2.46. The Bertz CT molecular complexity index is 1260. The molecule has 13 nitrogen and oxygen atoms in total. The lowest BCUT2D eigenvalue weighted by molar-refractivity contribution is 0.00810. The summed E-state index contributed by atoms with van der Waals surface area (Å²) in [5, 5.41) is 10.7. The zero-order valence-electron chi connectivity index (χ0n) is 20.7. The molecule has 0 radical (unpaired) electrons. The summed E-state index contributed by atoms with van der Waals surface area (Å²) < 4.78 is 22.3. The monoisotopic (exact) mass is 544 g/mol. The van der Waals surface area contributed by atoms with Crippen LogP contribution < -0.4 is 20.3 Å². The second-order valence-corrected chi connectivity index (χ2v) is 10.9. The van der Waals surface area contributed by atoms with Crippen LogP contribution in [-0.2, 0) is 20.8 Å². The second kappa shape index (κ2) is 9.75. The number of pyridine rings is 1. The van der Waals surface area contributed by atoms with Gasteiger partial charge in [0.05, 0.1) is 30.4 Å². The number of aromatic nitrogens is 3. The van der Waals surface area contributed by atoms with Crippen LogP contribution >= 0.6 is 11.8 Å². The number of piperidine rings is 1. The summed E-state index contributed by atoms with van der Waals surface area (Å²) in [7, 11) is 0. The molecule has 2 amide bonds. The van der Waals surface area contributed by atoms with Gasteiger partial charge in [-0.2, -0.15) is 0 Å². The van der Waals surface area contributed by atoms with Crippen molar-refractivity contribution in [3.8, 4) is 5.75 Å². The fourth-order valence-corrected chi connectivity index (χ4v) is 6.53. The van der Waals surface area contributed by atoms with E-state index in [9.17, 15) is 14.7 Å². The van der Waals surface area contributed by atoms with Gasteiger partial charge in [0.25, 0.3) is 0 Å². The number of cyclic esters (lactones) is 1. The molecule has 14 heteroatoms. The number of primary amides is 1. The Kier molecular flexibility index (Phi) is 6.40.